The third-order valence-corrected chi connectivity index (χ3v) is 5.98. The molecule has 0 atom stereocenters. The van der Waals surface area contributed by atoms with Crippen LogP contribution in [0.2, 0.25) is 0 Å². The van der Waals surface area contributed by atoms with Crippen molar-refractivity contribution >= 4 is 57.0 Å². The molecule has 0 fully saturated rings. The molecule has 172 valence electrons. The van der Waals surface area contributed by atoms with E-state index in [9.17, 15) is 14.7 Å². The Balaban J connectivity index is 1.75. The Kier molecular flexibility index (Phi) is 11.3. The number of halogens is 2. The van der Waals surface area contributed by atoms with Crippen molar-refractivity contribution < 1.29 is 19.4 Å². The van der Waals surface area contributed by atoms with Crippen molar-refractivity contribution in [1.29, 1.82) is 0 Å². The van der Waals surface area contributed by atoms with E-state index in [1.807, 2.05) is 13.8 Å². The summed E-state index contributed by atoms with van der Waals surface area (Å²) < 4.78 is 7.98. The maximum Gasteiger partial charge on any atom is 0.243 e. The SMILES string of the molecule is CC(C)=CC(=O)NCCCOc1c(I)cc(CCNC(=O)Cc2ccc(O)cc2)cc1I. The largest absolute Gasteiger partial charge is 0.508 e. The van der Waals surface area contributed by atoms with Crippen LogP contribution in [0.25, 0.3) is 0 Å². The standard InChI is InChI=1S/C24H28I2N2O4/c1-16(2)12-22(30)27-9-3-11-32-24-20(25)13-18(14-21(24)26)8-10-28-23(31)15-17-4-6-19(29)7-5-17/h4-7,12-14,29H,3,8-11,15H2,1-2H3,(H,27,30)(H,28,31). The average Bonchev–Trinajstić information content (AvgIpc) is 2.70. The Morgan fingerprint density at radius 3 is 2.28 bits per heavy atom. The normalized spacial score (nSPS) is 10.4. The van der Waals surface area contributed by atoms with Crippen LogP contribution in [0, 0.1) is 7.14 Å². The van der Waals surface area contributed by atoms with Gasteiger partial charge in [0.15, 0.2) is 0 Å². The van der Waals surface area contributed by atoms with Crippen molar-refractivity contribution in [3.05, 3.63) is 66.3 Å². The van der Waals surface area contributed by atoms with Gasteiger partial charge >= 0.3 is 0 Å². The highest BCUT2D eigenvalue weighted by molar-refractivity contribution is 14.1. The lowest BCUT2D eigenvalue weighted by molar-refractivity contribution is -0.120. The zero-order chi connectivity index (χ0) is 23.5. The topological polar surface area (TPSA) is 87.7 Å². The van der Waals surface area contributed by atoms with Crippen molar-refractivity contribution in [3.63, 3.8) is 0 Å². The Hall–Kier alpha value is -1.82. The number of amides is 2. The van der Waals surface area contributed by atoms with E-state index in [4.69, 9.17) is 4.74 Å². The molecule has 0 aliphatic rings. The molecule has 0 saturated carbocycles. The molecule has 2 rings (SSSR count). The predicted octanol–water partition coefficient (Wildman–Crippen LogP) is 4.35. The van der Waals surface area contributed by atoms with Crippen LogP contribution in [-0.2, 0) is 22.4 Å². The number of hydrogen-bond donors (Lipinski definition) is 3. The Labute approximate surface area is 216 Å². The lowest BCUT2D eigenvalue weighted by Gasteiger charge is -2.13. The third-order valence-electron chi connectivity index (χ3n) is 4.38. The molecule has 0 unspecified atom stereocenters. The molecule has 8 heteroatoms. The molecular formula is C24H28I2N2O4. The highest BCUT2D eigenvalue weighted by Crippen LogP contribution is 2.29. The van der Waals surface area contributed by atoms with Crippen LogP contribution < -0.4 is 15.4 Å². The molecular weight excluding hydrogens is 634 g/mol. The van der Waals surface area contributed by atoms with Crippen molar-refractivity contribution in [1.82, 2.24) is 10.6 Å². The Bertz CT molecular complexity index is 932. The summed E-state index contributed by atoms with van der Waals surface area (Å²) in [6.07, 6.45) is 3.32. The maximum atomic E-state index is 12.1. The van der Waals surface area contributed by atoms with Crippen LogP contribution in [0.1, 0.15) is 31.4 Å². The summed E-state index contributed by atoms with van der Waals surface area (Å²) in [4.78, 5) is 23.7. The number of phenols is 1. The van der Waals surface area contributed by atoms with E-state index in [2.05, 4.69) is 67.9 Å². The van der Waals surface area contributed by atoms with E-state index in [1.54, 1.807) is 30.3 Å². The molecule has 0 aliphatic heterocycles. The number of rotatable bonds is 11. The fraction of sp³-hybridized carbons (Fsp3) is 0.333. The first-order valence-corrected chi connectivity index (χ1v) is 12.5. The quantitative estimate of drug-likeness (QED) is 0.190. The van der Waals surface area contributed by atoms with Gasteiger partial charge in [0.2, 0.25) is 11.8 Å². The second kappa shape index (κ2) is 13.7. The highest BCUT2D eigenvalue weighted by atomic mass is 127. The molecule has 32 heavy (non-hydrogen) atoms. The third kappa shape index (κ3) is 9.76. The number of aromatic hydroxyl groups is 1. The summed E-state index contributed by atoms with van der Waals surface area (Å²) in [6.45, 7) is 5.42. The fourth-order valence-corrected chi connectivity index (χ4v) is 5.08. The van der Waals surface area contributed by atoms with Crippen molar-refractivity contribution in [2.45, 2.75) is 33.1 Å². The number of carbonyl (C=O) groups excluding carboxylic acids is 2. The lowest BCUT2D eigenvalue weighted by atomic mass is 10.1. The van der Waals surface area contributed by atoms with Crippen LogP contribution in [0.15, 0.2) is 48.0 Å². The van der Waals surface area contributed by atoms with Crippen LogP contribution in [0.4, 0.5) is 0 Å². The number of ether oxygens (including phenoxy) is 1. The number of allylic oxidation sites excluding steroid dienone is 1. The van der Waals surface area contributed by atoms with E-state index in [0.29, 0.717) is 19.7 Å². The molecule has 0 aromatic heterocycles. The average molecular weight is 662 g/mol. The molecule has 0 saturated heterocycles. The number of benzene rings is 2. The Morgan fingerprint density at radius 2 is 1.66 bits per heavy atom. The molecule has 2 aromatic carbocycles. The number of hydrogen-bond acceptors (Lipinski definition) is 4. The van der Waals surface area contributed by atoms with Gasteiger partial charge in [0.25, 0.3) is 0 Å². The van der Waals surface area contributed by atoms with Crippen molar-refractivity contribution in [2.75, 3.05) is 19.7 Å². The second-order valence-electron chi connectivity index (χ2n) is 7.55. The van der Waals surface area contributed by atoms with Crippen molar-refractivity contribution in [3.8, 4) is 11.5 Å². The van der Waals surface area contributed by atoms with E-state index in [-0.39, 0.29) is 24.0 Å². The summed E-state index contributed by atoms with van der Waals surface area (Å²) in [5.41, 5.74) is 2.97. The molecule has 2 aromatic rings. The molecule has 2 amide bonds. The van der Waals surface area contributed by atoms with Crippen LogP contribution in [0.5, 0.6) is 11.5 Å². The minimum Gasteiger partial charge on any atom is -0.508 e. The van der Waals surface area contributed by atoms with Gasteiger partial charge in [-0.25, -0.2) is 0 Å². The first kappa shape index (κ1) is 26.4. The summed E-state index contributed by atoms with van der Waals surface area (Å²) in [6, 6.07) is 10.8. The maximum absolute atomic E-state index is 12.1. The molecule has 0 bridgehead atoms. The summed E-state index contributed by atoms with van der Waals surface area (Å²) in [7, 11) is 0. The zero-order valence-corrected chi connectivity index (χ0v) is 22.5. The minimum atomic E-state index is -0.0753. The van der Waals surface area contributed by atoms with Gasteiger partial charge < -0.3 is 20.5 Å². The van der Waals surface area contributed by atoms with E-state index >= 15 is 0 Å². The smallest absolute Gasteiger partial charge is 0.243 e. The monoisotopic (exact) mass is 662 g/mol. The summed E-state index contributed by atoms with van der Waals surface area (Å²) in [5, 5.41) is 15.1. The van der Waals surface area contributed by atoms with Gasteiger partial charge in [0.05, 0.1) is 20.2 Å². The predicted molar refractivity (Wildman–Crippen MR) is 143 cm³/mol. The summed E-state index contributed by atoms with van der Waals surface area (Å²) in [5.74, 6) is 0.921. The van der Waals surface area contributed by atoms with Gasteiger partial charge in [-0.15, -0.1) is 0 Å². The summed E-state index contributed by atoms with van der Waals surface area (Å²) >= 11 is 4.53. The number of nitrogens with one attached hydrogen (secondary N) is 2. The molecule has 0 heterocycles. The van der Waals surface area contributed by atoms with Gasteiger partial charge in [-0.1, -0.05) is 17.7 Å². The molecule has 0 radical (unpaired) electrons. The zero-order valence-electron chi connectivity index (χ0n) is 18.2. The van der Waals surface area contributed by atoms with Crippen LogP contribution >= 0.6 is 45.2 Å². The van der Waals surface area contributed by atoms with Crippen LogP contribution in [-0.4, -0.2) is 36.6 Å². The van der Waals surface area contributed by atoms with Gasteiger partial charge in [0, 0.05) is 19.2 Å². The van der Waals surface area contributed by atoms with Crippen LogP contribution in [0.3, 0.4) is 0 Å². The molecule has 6 nitrogen and oxygen atoms in total. The fourth-order valence-electron chi connectivity index (χ4n) is 2.87. The molecule has 3 N–H and O–H groups in total. The first-order chi connectivity index (χ1) is 15.2. The van der Waals surface area contributed by atoms with E-state index < -0.39 is 0 Å². The number of carbonyl (C=O) groups is 2. The second-order valence-corrected chi connectivity index (χ2v) is 9.87. The van der Waals surface area contributed by atoms with Gasteiger partial charge in [-0.05, 0) is 107 Å². The van der Waals surface area contributed by atoms with E-state index in [0.717, 1.165) is 42.4 Å². The Morgan fingerprint density at radius 1 is 1.00 bits per heavy atom. The van der Waals surface area contributed by atoms with Gasteiger partial charge in [-0.2, -0.15) is 0 Å². The highest BCUT2D eigenvalue weighted by Gasteiger charge is 2.10. The lowest BCUT2D eigenvalue weighted by Crippen LogP contribution is -2.27. The van der Waals surface area contributed by atoms with Gasteiger partial charge in [-0.3, -0.25) is 9.59 Å². The molecule has 0 aliphatic carbocycles. The number of phenolic OH excluding ortho intramolecular Hbond substituents is 1. The minimum absolute atomic E-state index is 0.0447. The van der Waals surface area contributed by atoms with Crippen molar-refractivity contribution in [2.24, 2.45) is 0 Å². The molecule has 0 spiro atoms. The van der Waals surface area contributed by atoms with E-state index in [1.165, 1.54) is 0 Å². The first-order valence-electron chi connectivity index (χ1n) is 10.3. The van der Waals surface area contributed by atoms with Gasteiger partial charge in [0.1, 0.15) is 11.5 Å².